The molecule has 2 aromatic carbocycles. The second-order valence-corrected chi connectivity index (χ2v) is 8.14. The van der Waals surface area contributed by atoms with Crippen LogP contribution >= 0.6 is 34.5 Å². The molecule has 1 atom stereocenters. The van der Waals surface area contributed by atoms with Gasteiger partial charge in [-0.2, -0.15) is 5.10 Å². The SMILES string of the molecule is Clc1ccc(-c2csc(=NCC3CCCO3)n2N=Cc2ccccc2Cl)cc1. The van der Waals surface area contributed by atoms with Crippen LogP contribution in [0.15, 0.2) is 64.0 Å². The van der Waals surface area contributed by atoms with Crippen LogP contribution in [0, 0.1) is 0 Å². The highest BCUT2D eigenvalue weighted by atomic mass is 35.5. The van der Waals surface area contributed by atoms with Crippen molar-refractivity contribution in [3.8, 4) is 11.3 Å². The highest BCUT2D eigenvalue weighted by molar-refractivity contribution is 7.07. The van der Waals surface area contributed by atoms with Gasteiger partial charge in [-0.25, -0.2) is 4.68 Å². The first kappa shape index (κ1) is 19.4. The molecular formula is C21H19Cl2N3OS. The van der Waals surface area contributed by atoms with E-state index < -0.39 is 0 Å². The minimum Gasteiger partial charge on any atom is -0.376 e. The molecule has 4 nitrogen and oxygen atoms in total. The first-order chi connectivity index (χ1) is 13.7. The second-order valence-electron chi connectivity index (χ2n) is 6.46. The van der Waals surface area contributed by atoms with Crippen LogP contribution in [0.5, 0.6) is 0 Å². The maximum atomic E-state index is 6.27. The van der Waals surface area contributed by atoms with E-state index in [1.54, 1.807) is 17.6 Å². The lowest BCUT2D eigenvalue weighted by Gasteiger charge is -2.06. The summed E-state index contributed by atoms with van der Waals surface area (Å²) in [7, 11) is 0. The first-order valence-corrected chi connectivity index (χ1v) is 10.7. The predicted octanol–water partition coefficient (Wildman–Crippen LogP) is 5.49. The third-order valence-corrected chi connectivity index (χ3v) is 5.95. The Hall–Kier alpha value is -1.92. The predicted molar refractivity (Wildman–Crippen MR) is 117 cm³/mol. The zero-order valence-corrected chi connectivity index (χ0v) is 17.4. The molecule has 1 aromatic heterocycles. The molecule has 0 radical (unpaired) electrons. The standard InChI is InChI=1S/C21H19Cl2N3OS/c22-17-9-7-15(8-10-17)20-14-28-21(24-13-18-5-3-11-27-18)26(20)25-12-16-4-1-2-6-19(16)23/h1-2,4,6-10,12,14,18H,3,5,11,13H2. The highest BCUT2D eigenvalue weighted by Crippen LogP contribution is 2.23. The van der Waals surface area contributed by atoms with Crippen LogP contribution in [0.25, 0.3) is 11.3 Å². The molecule has 1 saturated heterocycles. The monoisotopic (exact) mass is 431 g/mol. The van der Waals surface area contributed by atoms with Gasteiger partial charge in [0.25, 0.3) is 0 Å². The molecular weight excluding hydrogens is 413 g/mol. The second kappa shape index (κ2) is 9.05. The van der Waals surface area contributed by atoms with Gasteiger partial charge in [-0.15, -0.1) is 11.3 Å². The van der Waals surface area contributed by atoms with E-state index in [-0.39, 0.29) is 6.10 Å². The fourth-order valence-corrected chi connectivity index (χ4v) is 4.16. The van der Waals surface area contributed by atoms with Gasteiger partial charge in [-0.05, 0) is 31.0 Å². The van der Waals surface area contributed by atoms with Crippen LogP contribution in [0.2, 0.25) is 10.0 Å². The third-order valence-electron chi connectivity index (χ3n) is 4.50. The van der Waals surface area contributed by atoms with E-state index in [9.17, 15) is 0 Å². The maximum absolute atomic E-state index is 6.27. The Morgan fingerprint density at radius 2 is 1.96 bits per heavy atom. The summed E-state index contributed by atoms with van der Waals surface area (Å²) in [5.74, 6) is 0. The van der Waals surface area contributed by atoms with Gasteiger partial charge in [-0.1, -0.05) is 53.5 Å². The smallest absolute Gasteiger partial charge is 0.206 e. The molecule has 1 unspecified atom stereocenters. The van der Waals surface area contributed by atoms with E-state index in [4.69, 9.17) is 38.0 Å². The van der Waals surface area contributed by atoms with Crippen molar-refractivity contribution < 1.29 is 4.74 Å². The molecule has 0 amide bonds. The molecule has 0 aliphatic carbocycles. The van der Waals surface area contributed by atoms with Gasteiger partial charge in [0.2, 0.25) is 4.80 Å². The van der Waals surface area contributed by atoms with Gasteiger partial charge in [0.15, 0.2) is 0 Å². The summed E-state index contributed by atoms with van der Waals surface area (Å²) in [6, 6.07) is 15.3. The van der Waals surface area contributed by atoms with E-state index >= 15 is 0 Å². The van der Waals surface area contributed by atoms with Crippen LogP contribution in [0.1, 0.15) is 18.4 Å². The average molecular weight is 432 g/mol. The van der Waals surface area contributed by atoms with Gasteiger partial charge in [0, 0.05) is 33.2 Å². The molecule has 4 rings (SSSR count). The number of hydrogen-bond donors (Lipinski definition) is 0. The average Bonchev–Trinajstić information content (AvgIpc) is 3.36. The zero-order chi connectivity index (χ0) is 19.3. The van der Waals surface area contributed by atoms with Crippen molar-refractivity contribution in [1.82, 2.24) is 4.68 Å². The molecule has 3 aromatic rings. The number of benzene rings is 2. The molecule has 0 N–H and O–H groups in total. The number of aromatic nitrogens is 1. The lowest BCUT2D eigenvalue weighted by molar-refractivity contribution is 0.117. The molecule has 144 valence electrons. The lowest BCUT2D eigenvalue weighted by atomic mass is 10.2. The molecule has 0 saturated carbocycles. The number of hydrogen-bond acceptors (Lipinski definition) is 4. The maximum Gasteiger partial charge on any atom is 0.206 e. The molecule has 2 heterocycles. The fourth-order valence-electron chi connectivity index (χ4n) is 3.01. The molecule has 0 bridgehead atoms. The van der Waals surface area contributed by atoms with Crippen molar-refractivity contribution in [3.05, 3.63) is 74.3 Å². The van der Waals surface area contributed by atoms with Crippen molar-refractivity contribution >= 4 is 40.8 Å². The lowest BCUT2D eigenvalue weighted by Crippen LogP contribution is -2.17. The molecule has 1 fully saturated rings. The number of rotatable bonds is 5. The number of thiazole rings is 1. The molecule has 0 spiro atoms. The highest BCUT2D eigenvalue weighted by Gasteiger charge is 2.15. The van der Waals surface area contributed by atoms with Crippen LogP contribution in [-0.2, 0) is 4.74 Å². The topological polar surface area (TPSA) is 38.9 Å². The summed E-state index contributed by atoms with van der Waals surface area (Å²) in [4.78, 5) is 5.59. The molecule has 7 heteroatoms. The Bertz CT molecular complexity index is 1030. The van der Waals surface area contributed by atoms with Crippen LogP contribution in [0.4, 0.5) is 0 Å². The van der Waals surface area contributed by atoms with E-state index in [0.717, 1.165) is 41.1 Å². The van der Waals surface area contributed by atoms with E-state index in [0.29, 0.717) is 16.6 Å². The summed E-state index contributed by atoms with van der Waals surface area (Å²) in [5, 5.41) is 8.11. The minimum absolute atomic E-state index is 0.196. The largest absolute Gasteiger partial charge is 0.376 e. The van der Waals surface area contributed by atoms with Gasteiger partial charge >= 0.3 is 0 Å². The van der Waals surface area contributed by atoms with E-state index in [1.807, 2.05) is 53.2 Å². The minimum atomic E-state index is 0.196. The number of nitrogens with zero attached hydrogens (tertiary/aromatic N) is 3. The Morgan fingerprint density at radius 3 is 2.71 bits per heavy atom. The fraction of sp³-hybridized carbons (Fsp3) is 0.238. The van der Waals surface area contributed by atoms with Crippen LogP contribution in [-0.4, -0.2) is 30.1 Å². The van der Waals surface area contributed by atoms with E-state index in [2.05, 4.69) is 5.38 Å². The zero-order valence-electron chi connectivity index (χ0n) is 15.1. The van der Waals surface area contributed by atoms with E-state index in [1.165, 1.54) is 0 Å². The van der Waals surface area contributed by atoms with Gasteiger partial charge in [0.1, 0.15) is 0 Å². The van der Waals surface area contributed by atoms with Crippen LogP contribution in [0.3, 0.4) is 0 Å². The Kier molecular flexibility index (Phi) is 6.27. The van der Waals surface area contributed by atoms with Gasteiger partial charge in [0.05, 0.1) is 24.6 Å². The summed E-state index contributed by atoms with van der Waals surface area (Å²) < 4.78 is 7.55. The van der Waals surface area contributed by atoms with Crippen molar-refractivity contribution in [2.75, 3.05) is 13.2 Å². The van der Waals surface area contributed by atoms with Crippen molar-refractivity contribution in [2.24, 2.45) is 10.1 Å². The normalized spacial score (nSPS) is 17.6. The summed E-state index contributed by atoms with van der Waals surface area (Å²) >= 11 is 13.9. The Labute approximate surface area is 177 Å². The summed E-state index contributed by atoms with van der Waals surface area (Å²) in [5.41, 5.74) is 2.83. The summed E-state index contributed by atoms with van der Waals surface area (Å²) in [6.45, 7) is 1.47. The number of ether oxygens (including phenoxy) is 1. The van der Waals surface area contributed by atoms with Gasteiger partial charge < -0.3 is 4.74 Å². The Morgan fingerprint density at radius 1 is 1.14 bits per heavy atom. The quantitative estimate of drug-likeness (QED) is 0.492. The van der Waals surface area contributed by atoms with Gasteiger partial charge in [-0.3, -0.25) is 4.99 Å². The Balaban J connectivity index is 1.73. The third kappa shape index (κ3) is 4.55. The van der Waals surface area contributed by atoms with Crippen LogP contribution < -0.4 is 4.80 Å². The molecule has 1 aliphatic rings. The number of halogens is 2. The molecule has 1 aliphatic heterocycles. The van der Waals surface area contributed by atoms with Crippen molar-refractivity contribution in [2.45, 2.75) is 18.9 Å². The summed E-state index contributed by atoms with van der Waals surface area (Å²) in [6.07, 6.45) is 4.12. The van der Waals surface area contributed by atoms with Crippen molar-refractivity contribution in [3.63, 3.8) is 0 Å². The first-order valence-electron chi connectivity index (χ1n) is 9.08. The molecule has 28 heavy (non-hydrogen) atoms. The van der Waals surface area contributed by atoms with Crippen molar-refractivity contribution in [1.29, 1.82) is 0 Å².